The summed E-state index contributed by atoms with van der Waals surface area (Å²) < 4.78 is 4.89. The number of aryl methyl sites for hydroxylation is 3. The average molecular weight is 425 g/mol. The van der Waals surface area contributed by atoms with E-state index < -0.39 is 24.4 Å². The lowest BCUT2D eigenvalue weighted by Gasteiger charge is -2.17. The molecule has 0 aliphatic heterocycles. The molecule has 0 radical (unpaired) electrons. The van der Waals surface area contributed by atoms with Crippen molar-refractivity contribution in [2.24, 2.45) is 0 Å². The van der Waals surface area contributed by atoms with Crippen LogP contribution in [0.2, 0.25) is 0 Å². The van der Waals surface area contributed by atoms with E-state index in [1.807, 2.05) is 45.0 Å². The molecule has 0 aromatic heterocycles. The van der Waals surface area contributed by atoms with Crippen LogP contribution in [0.5, 0.6) is 0 Å². The maximum Gasteiger partial charge on any atom is 0.325 e. The fraction of sp³-hybridized carbons (Fsp3) is 0.304. The van der Waals surface area contributed by atoms with Gasteiger partial charge < -0.3 is 20.3 Å². The Hall–Kier alpha value is -3.68. The van der Waals surface area contributed by atoms with Gasteiger partial charge in [0.15, 0.2) is 6.61 Å². The molecule has 0 spiro atoms. The Morgan fingerprint density at radius 1 is 0.968 bits per heavy atom. The van der Waals surface area contributed by atoms with Crippen LogP contribution >= 0.6 is 0 Å². The molecule has 0 unspecified atom stereocenters. The van der Waals surface area contributed by atoms with Crippen molar-refractivity contribution in [1.29, 1.82) is 0 Å². The summed E-state index contributed by atoms with van der Waals surface area (Å²) in [7, 11) is 1.44. The number of rotatable bonds is 8. The summed E-state index contributed by atoms with van der Waals surface area (Å²) in [6.45, 7) is 4.58. The zero-order valence-electron chi connectivity index (χ0n) is 18.2. The van der Waals surface area contributed by atoms with Crippen LogP contribution in [-0.4, -0.2) is 55.3 Å². The number of carbonyl (C=O) groups excluding carboxylic acids is 4. The van der Waals surface area contributed by atoms with Crippen molar-refractivity contribution < 1.29 is 23.9 Å². The second-order valence-corrected chi connectivity index (χ2v) is 7.33. The SMILES string of the molecule is Cc1cccc(C(=O)NCC(=O)OCC(=O)N(C)CC(=O)Nc2cc(C)ccc2C)c1. The number of benzene rings is 2. The zero-order chi connectivity index (χ0) is 23.0. The molecule has 0 bridgehead atoms. The van der Waals surface area contributed by atoms with Crippen molar-refractivity contribution in [2.45, 2.75) is 20.8 Å². The molecule has 2 rings (SSSR count). The lowest BCUT2D eigenvalue weighted by atomic mass is 10.1. The molecule has 8 nitrogen and oxygen atoms in total. The van der Waals surface area contributed by atoms with Crippen LogP contribution in [-0.2, 0) is 19.1 Å². The van der Waals surface area contributed by atoms with Gasteiger partial charge >= 0.3 is 5.97 Å². The van der Waals surface area contributed by atoms with Gasteiger partial charge in [-0.25, -0.2) is 0 Å². The van der Waals surface area contributed by atoms with Crippen molar-refractivity contribution >= 4 is 29.4 Å². The summed E-state index contributed by atoms with van der Waals surface area (Å²) in [6, 6.07) is 12.6. The molecule has 0 atom stereocenters. The molecule has 0 heterocycles. The largest absolute Gasteiger partial charge is 0.454 e. The van der Waals surface area contributed by atoms with E-state index in [0.29, 0.717) is 11.3 Å². The zero-order valence-corrected chi connectivity index (χ0v) is 18.2. The van der Waals surface area contributed by atoms with Gasteiger partial charge in [0.2, 0.25) is 5.91 Å². The summed E-state index contributed by atoms with van der Waals surface area (Å²) in [4.78, 5) is 49.3. The Bertz CT molecular complexity index is 987. The maximum absolute atomic E-state index is 12.2. The molecule has 0 fully saturated rings. The van der Waals surface area contributed by atoms with Crippen LogP contribution < -0.4 is 10.6 Å². The van der Waals surface area contributed by atoms with Crippen molar-refractivity contribution in [2.75, 3.05) is 32.1 Å². The van der Waals surface area contributed by atoms with Gasteiger partial charge in [0, 0.05) is 18.3 Å². The van der Waals surface area contributed by atoms with Gasteiger partial charge in [-0.1, -0.05) is 29.8 Å². The van der Waals surface area contributed by atoms with Crippen LogP contribution in [0.4, 0.5) is 5.69 Å². The molecule has 2 N–H and O–H groups in total. The van der Waals surface area contributed by atoms with Crippen LogP contribution in [0.25, 0.3) is 0 Å². The van der Waals surface area contributed by atoms with E-state index in [1.165, 1.54) is 11.9 Å². The topological polar surface area (TPSA) is 105 Å². The van der Waals surface area contributed by atoms with Crippen molar-refractivity contribution in [1.82, 2.24) is 10.2 Å². The van der Waals surface area contributed by atoms with Gasteiger partial charge in [0.25, 0.3) is 11.8 Å². The van der Waals surface area contributed by atoms with E-state index in [0.717, 1.165) is 16.7 Å². The van der Waals surface area contributed by atoms with Gasteiger partial charge in [-0.3, -0.25) is 19.2 Å². The number of hydrogen-bond acceptors (Lipinski definition) is 5. The normalized spacial score (nSPS) is 10.2. The summed E-state index contributed by atoms with van der Waals surface area (Å²) >= 11 is 0. The lowest BCUT2D eigenvalue weighted by Crippen LogP contribution is -2.38. The van der Waals surface area contributed by atoms with Crippen molar-refractivity contribution in [3.05, 3.63) is 64.7 Å². The average Bonchev–Trinajstić information content (AvgIpc) is 2.72. The highest BCUT2D eigenvalue weighted by atomic mass is 16.5. The molecule has 164 valence electrons. The first-order valence-electron chi connectivity index (χ1n) is 9.77. The minimum atomic E-state index is -0.748. The van der Waals surface area contributed by atoms with E-state index >= 15 is 0 Å². The molecule has 3 amide bonds. The van der Waals surface area contributed by atoms with Crippen LogP contribution in [0.3, 0.4) is 0 Å². The third kappa shape index (κ3) is 7.58. The number of esters is 1. The van der Waals surface area contributed by atoms with E-state index in [9.17, 15) is 19.2 Å². The highest BCUT2D eigenvalue weighted by Crippen LogP contribution is 2.16. The first kappa shape index (κ1) is 23.6. The molecule has 31 heavy (non-hydrogen) atoms. The molecule has 0 aliphatic rings. The van der Waals surface area contributed by atoms with Gasteiger partial charge in [0.05, 0.1) is 6.54 Å². The Morgan fingerprint density at radius 2 is 1.68 bits per heavy atom. The van der Waals surface area contributed by atoms with Gasteiger partial charge in [0.1, 0.15) is 6.54 Å². The number of hydrogen-bond donors (Lipinski definition) is 2. The van der Waals surface area contributed by atoms with Crippen LogP contribution in [0.15, 0.2) is 42.5 Å². The molecular weight excluding hydrogens is 398 g/mol. The molecule has 0 aliphatic carbocycles. The molecule has 8 heteroatoms. The lowest BCUT2D eigenvalue weighted by molar-refractivity contribution is -0.150. The van der Waals surface area contributed by atoms with Crippen LogP contribution in [0.1, 0.15) is 27.0 Å². The maximum atomic E-state index is 12.2. The Morgan fingerprint density at radius 3 is 2.39 bits per heavy atom. The first-order chi connectivity index (χ1) is 14.7. The third-order valence-corrected chi connectivity index (χ3v) is 4.50. The summed E-state index contributed by atoms with van der Waals surface area (Å²) in [5.41, 5.74) is 3.95. The second-order valence-electron chi connectivity index (χ2n) is 7.33. The van der Waals surface area contributed by atoms with Crippen molar-refractivity contribution in [3.63, 3.8) is 0 Å². The minimum absolute atomic E-state index is 0.187. The molecule has 0 saturated carbocycles. The number of nitrogens with zero attached hydrogens (tertiary/aromatic N) is 1. The third-order valence-electron chi connectivity index (χ3n) is 4.50. The fourth-order valence-corrected chi connectivity index (χ4v) is 2.71. The van der Waals surface area contributed by atoms with Crippen molar-refractivity contribution in [3.8, 4) is 0 Å². The van der Waals surface area contributed by atoms with Gasteiger partial charge in [-0.15, -0.1) is 0 Å². The van der Waals surface area contributed by atoms with E-state index in [1.54, 1.807) is 18.2 Å². The molecule has 2 aromatic carbocycles. The predicted octanol–water partition coefficient (Wildman–Crippen LogP) is 1.98. The Balaban J connectivity index is 1.74. The smallest absolute Gasteiger partial charge is 0.325 e. The Kier molecular flexibility index (Phi) is 8.31. The Labute approximate surface area is 181 Å². The molecule has 2 aromatic rings. The van der Waals surface area contributed by atoms with Gasteiger partial charge in [-0.2, -0.15) is 0 Å². The second kappa shape index (κ2) is 10.9. The number of amides is 3. The summed E-state index contributed by atoms with van der Waals surface area (Å²) in [6.07, 6.45) is 0. The highest BCUT2D eigenvalue weighted by Gasteiger charge is 2.16. The first-order valence-corrected chi connectivity index (χ1v) is 9.77. The standard InChI is InChI=1S/C23H27N3O5/c1-15-6-5-7-18(10-15)23(30)24-12-22(29)31-14-21(28)26(4)13-20(27)25-19-11-16(2)8-9-17(19)3/h5-11H,12-14H2,1-4H3,(H,24,30)(H,25,27). The van der Waals surface area contributed by atoms with Crippen LogP contribution in [0, 0.1) is 20.8 Å². The van der Waals surface area contributed by atoms with Gasteiger partial charge in [-0.05, 0) is 50.1 Å². The highest BCUT2D eigenvalue weighted by molar-refractivity contribution is 5.97. The number of ether oxygens (including phenoxy) is 1. The number of carbonyl (C=O) groups is 4. The number of likely N-dealkylation sites (N-methyl/N-ethyl adjacent to an activating group) is 1. The summed E-state index contributed by atoms with van der Waals surface area (Å²) in [5, 5.41) is 5.21. The monoisotopic (exact) mass is 425 g/mol. The van der Waals surface area contributed by atoms with E-state index in [4.69, 9.17) is 4.74 Å². The number of nitrogens with one attached hydrogen (secondary N) is 2. The summed E-state index contributed by atoms with van der Waals surface area (Å²) in [5.74, 6) is -2.05. The quantitative estimate of drug-likeness (QED) is 0.630. The molecular formula is C23H27N3O5. The fourth-order valence-electron chi connectivity index (χ4n) is 2.71. The molecule has 0 saturated heterocycles. The number of anilines is 1. The van der Waals surface area contributed by atoms with E-state index in [-0.39, 0.29) is 19.0 Å². The predicted molar refractivity (Wildman–Crippen MR) is 117 cm³/mol. The minimum Gasteiger partial charge on any atom is -0.454 e. The van der Waals surface area contributed by atoms with E-state index in [2.05, 4.69) is 10.6 Å².